The van der Waals surface area contributed by atoms with E-state index in [1.54, 1.807) is 0 Å². The number of nitrogens with one attached hydrogen (secondary N) is 1. The number of hydrogen-bond donors (Lipinski definition) is 2. The molecule has 1 aromatic carbocycles. The summed E-state index contributed by atoms with van der Waals surface area (Å²) in [4.78, 5) is 3.56. The molecule has 0 aliphatic carbocycles. The van der Waals surface area contributed by atoms with Crippen molar-refractivity contribution in [2.45, 2.75) is 46.6 Å². The summed E-state index contributed by atoms with van der Waals surface area (Å²) in [5.41, 5.74) is 12.8. The van der Waals surface area contributed by atoms with Gasteiger partial charge in [-0.1, -0.05) is 26.0 Å². The number of hydrogen-bond acceptors (Lipinski definition) is 1. The smallest absolute Gasteiger partial charge is 0.0491 e. The summed E-state index contributed by atoms with van der Waals surface area (Å²) in [6.07, 6.45) is 1.99. The van der Waals surface area contributed by atoms with Crippen LogP contribution in [0.25, 0.3) is 10.9 Å². The van der Waals surface area contributed by atoms with Crippen molar-refractivity contribution in [2.75, 3.05) is 0 Å². The first kappa shape index (κ1) is 12.2. The Morgan fingerprint density at radius 1 is 1.18 bits per heavy atom. The van der Waals surface area contributed by atoms with Crippen LogP contribution in [-0.4, -0.2) is 4.98 Å². The average molecular weight is 230 g/mol. The molecule has 2 heteroatoms. The molecule has 0 saturated heterocycles. The minimum atomic E-state index is 0.138. The molecule has 0 fully saturated rings. The third-order valence-corrected chi connectivity index (χ3v) is 3.66. The number of fused-ring (bicyclic) bond motifs is 1. The van der Waals surface area contributed by atoms with E-state index in [0.717, 1.165) is 12.8 Å². The number of benzene rings is 1. The molecule has 0 spiro atoms. The molecular weight excluding hydrogens is 208 g/mol. The molecule has 0 saturated carbocycles. The fourth-order valence-electron chi connectivity index (χ4n) is 2.58. The molecule has 17 heavy (non-hydrogen) atoms. The zero-order valence-electron chi connectivity index (χ0n) is 11.2. The molecule has 92 valence electrons. The summed E-state index contributed by atoms with van der Waals surface area (Å²) in [6, 6.07) is 4.50. The van der Waals surface area contributed by atoms with Crippen LogP contribution in [0.3, 0.4) is 0 Å². The second-order valence-corrected chi connectivity index (χ2v) is 4.83. The summed E-state index contributed by atoms with van der Waals surface area (Å²) >= 11 is 0. The van der Waals surface area contributed by atoms with Gasteiger partial charge in [-0.15, -0.1) is 0 Å². The second kappa shape index (κ2) is 4.53. The number of H-pyrrole nitrogens is 1. The summed E-state index contributed by atoms with van der Waals surface area (Å²) in [5, 5.41) is 1.34. The topological polar surface area (TPSA) is 41.8 Å². The van der Waals surface area contributed by atoms with Crippen LogP contribution in [0.4, 0.5) is 0 Å². The lowest BCUT2D eigenvalue weighted by molar-refractivity contribution is 0.694. The van der Waals surface area contributed by atoms with Crippen molar-refractivity contribution in [1.82, 2.24) is 4.98 Å². The van der Waals surface area contributed by atoms with E-state index >= 15 is 0 Å². The quantitative estimate of drug-likeness (QED) is 0.828. The Hall–Kier alpha value is -1.28. The predicted octanol–water partition coefficient (Wildman–Crippen LogP) is 3.76. The Labute approximate surface area is 103 Å². The van der Waals surface area contributed by atoms with Crippen molar-refractivity contribution in [2.24, 2.45) is 5.73 Å². The molecule has 0 radical (unpaired) electrons. The van der Waals surface area contributed by atoms with Crippen molar-refractivity contribution in [3.05, 3.63) is 34.5 Å². The van der Waals surface area contributed by atoms with Crippen LogP contribution < -0.4 is 5.73 Å². The van der Waals surface area contributed by atoms with Crippen molar-refractivity contribution >= 4 is 10.9 Å². The first-order valence-corrected chi connectivity index (χ1v) is 6.46. The third kappa shape index (κ3) is 1.87. The fraction of sp³-hybridized carbons (Fsp3) is 0.467. The molecule has 1 atom stereocenters. The monoisotopic (exact) mass is 230 g/mol. The number of aromatic amines is 1. The zero-order chi connectivity index (χ0) is 12.6. The molecule has 1 aromatic heterocycles. The van der Waals surface area contributed by atoms with Crippen LogP contribution in [0.5, 0.6) is 0 Å². The van der Waals surface area contributed by atoms with Crippen LogP contribution in [0, 0.1) is 13.8 Å². The van der Waals surface area contributed by atoms with Crippen LogP contribution in [0.2, 0.25) is 0 Å². The third-order valence-electron chi connectivity index (χ3n) is 3.66. The molecule has 1 unspecified atom stereocenters. The minimum absolute atomic E-state index is 0.138. The van der Waals surface area contributed by atoms with E-state index in [1.807, 2.05) is 0 Å². The molecule has 0 bridgehead atoms. The summed E-state index contributed by atoms with van der Waals surface area (Å²) in [7, 11) is 0. The van der Waals surface area contributed by atoms with Gasteiger partial charge in [-0.2, -0.15) is 0 Å². The maximum atomic E-state index is 6.28. The highest BCUT2D eigenvalue weighted by molar-refractivity contribution is 5.90. The van der Waals surface area contributed by atoms with E-state index in [2.05, 4.69) is 44.8 Å². The van der Waals surface area contributed by atoms with Gasteiger partial charge in [0.05, 0.1) is 0 Å². The van der Waals surface area contributed by atoms with Gasteiger partial charge in [0, 0.05) is 22.6 Å². The van der Waals surface area contributed by atoms with Crippen molar-refractivity contribution in [1.29, 1.82) is 0 Å². The Balaban J connectivity index is 2.82. The van der Waals surface area contributed by atoms with Crippen LogP contribution in [-0.2, 0) is 6.42 Å². The maximum absolute atomic E-state index is 6.28. The Morgan fingerprint density at radius 2 is 1.82 bits per heavy atom. The lowest BCUT2D eigenvalue weighted by Gasteiger charge is -2.11. The van der Waals surface area contributed by atoms with E-state index in [0.29, 0.717) is 0 Å². The van der Waals surface area contributed by atoms with Gasteiger partial charge in [0.2, 0.25) is 0 Å². The maximum Gasteiger partial charge on any atom is 0.0491 e. The highest BCUT2D eigenvalue weighted by atomic mass is 14.8. The Kier molecular flexibility index (Phi) is 3.25. The van der Waals surface area contributed by atoms with Gasteiger partial charge in [0.25, 0.3) is 0 Å². The van der Waals surface area contributed by atoms with E-state index < -0.39 is 0 Å². The number of aryl methyl sites for hydroxylation is 3. The van der Waals surface area contributed by atoms with E-state index in [4.69, 9.17) is 5.73 Å². The molecule has 1 heterocycles. The normalized spacial score (nSPS) is 13.2. The van der Waals surface area contributed by atoms with E-state index in [-0.39, 0.29) is 6.04 Å². The second-order valence-electron chi connectivity index (χ2n) is 4.83. The molecule has 2 aromatic rings. The van der Waals surface area contributed by atoms with Crippen LogP contribution in [0.15, 0.2) is 12.1 Å². The van der Waals surface area contributed by atoms with Gasteiger partial charge >= 0.3 is 0 Å². The van der Waals surface area contributed by atoms with Crippen LogP contribution >= 0.6 is 0 Å². The lowest BCUT2D eigenvalue weighted by atomic mass is 9.96. The number of nitrogens with two attached hydrogens (primary N) is 1. The molecule has 0 amide bonds. The van der Waals surface area contributed by atoms with Gasteiger partial charge in [-0.25, -0.2) is 0 Å². The fourth-order valence-corrected chi connectivity index (χ4v) is 2.58. The van der Waals surface area contributed by atoms with Crippen molar-refractivity contribution in [3.8, 4) is 0 Å². The van der Waals surface area contributed by atoms with Crippen molar-refractivity contribution < 1.29 is 0 Å². The van der Waals surface area contributed by atoms with Gasteiger partial charge in [-0.05, 0) is 43.4 Å². The zero-order valence-corrected chi connectivity index (χ0v) is 11.2. The van der Waals surface area contributed by atoms with Gasteiger partial charge in [0.15, 0.2) is 0 Å². The predicted molar refractivity (Wildman–Crippen MR) is 74.4 cm³/mol. The summed E-state index contributed by atoms with van der Waals surface area (Å²) in [5.74, 6) is 0. The largest absolute Gasteiger partial charge is 0.358 e. The van der Waals surface area contributed by atoms with Gasteiger partial charge in [-0.3, -0.25) is 0 Å². The highest BCUT2D eigenvalue weighted by Gasteiger charge is 2.17. The molecule has 3 N–H and O–H groups in total. The molecule has 2 rings (SSSR count). The molecule has 0 aliphatic heterocycles. The molecule has 0 aliphatic rings. The van der Waals surface area contributed by atoms with E-state index in [9.17, 15) is 0 Å². The van der Waals surface area contributed by atoms with Crippen LogP contribution in [0.1, 0.15) is 48.7 Å². The average Bonchev–Trinajstić information content (AvgIpc) is 2.73. The summed E-state index contributed by atoms with van der Waals surface area (Å²) < 4.78 is 0. The first-order chi connectivity index (χ1) is 8.10. The number of rotatable bonds is 3. The SMILES string of the molecule is CCc1[nH]c2c(C)ccc(C)c2c1C(N)CC. The standard InChI is InChI=1S/C15H22N2/c1-5-11(16)14-12(6-2)17-15-10(4)8-7-9(3)13(14)15/h7-8,11,17H,5-6,16H2,1-4H3. The van der Waals surface area contributed by atoms with Crippen molar-refractivity contribution in [3.63, 3.8) is 0 Å². The highest BCUT2D eigenvalue weighted by Crippen LogP contribution is 2.32. The Morgan fingerprint density at radius 3 is 2.41 bits per heavy atom. The molecule has 2 nitrogen and oxygen atoms in total. The van der Waals surface area contributed by atoms with E-state index in [1.165, 1.54) is 33.3 Å². The summed E-state index contributed by atoms with van der Waals surface area (Å²) in [6.45, 7) is 8.65. The van der Waals surface area contributed by atoms with Gasteiger partial charge in [0.1, 0.15) is 0 Å². The first-order valence-electron chi connectivity index (χ1n) is 6.46. The Bertz CT molecular complexity index is 537. The number of aromatic nitrogens is 1. The minimum Gasteiger partial charge on any atom is -0.358 e. The van der Waals surface area contributed by atoms with Gasteiger partial charge < -0.3 is 10.7 Å². The lowest BCUT2D eigenvalue weighted by Crippen LogP contribution is -2.10. The molecular formula is C15H22N2.